The number of H-pyrrole nitrogens is 1. The van der Waals surface area contributed by atoms with Crippen LogP contribution in [-0.4, -0.2) is 16.1 Å². The Bertz CT molecular complexity index is 550. The molecule has 94 valence electrons. The van der Waals surface area contributed by atoms with Crippen molar-refractivity contribution in [3.05, 3.63) is 41.7 Å². The number of nitrogens with two attached hydrogens (primary N) is 2. The van der Waals surface area contributed by atoms with Crippen molar-refractivity contribution in [1.29, 1.82) is 0 Å². The third-order valence-electron chi connectivity index (χ3n) is 2.69. The van der Waals surface area contributed by atoms with E-state index in [0.717, 1.165) is 5.56 Å². The van der Waals surface area contributed by atoms with Gasteiger partial charge in [-0.15, -0.1) is 0 Å². The molecule has 1 unspecified atom stereocenters. The van der Waals surface area contributed by atoms with Crippen molar-refractivity contribution in [2.45, 2.75) is 13.0 Å². The van der Waals surface area contributed by atoms with E-state index in [0.29, 0.717) is 16.9 Å². The smallest absolute Gasteiger partial charge is 0.253 e. The van der Waals surface area contributed by atoms with Crippen LogP contribution in [0.15, 0.2) is 30.6 Å². The SMILES string of the molecule is CC(NC(=O)c1ccc(N)cc1N)c1cn[nH]c1. The molecule has 6 heteroatoms. The fourth-order valence-corrected chi connectivity index (χ4v) is 1.64. The van der Waals surface area contributed by atoms with Crippen LogP contribution in [-0.2, 0) is 0 Å². The molecular weight excluding hydrogens is 230 g/mol. The summed E-state index contributed by atoms with van der Waals surface area (Å²) in [4.78, 5) is 12.0. The maximum Gasteiger partial charge on any atom is 0.253 e. The van der Waals surface area contributed by atoms with Crippen LogP contribution < -0.4 is 16.8 Å². The second kappa shape index (κ2) is 4.79. The Morgan fingerprint density at radius 1 is 1.44 bits per heavy atom. The average molecular weight is 245 g/mol. The summed E-state index contributed by atoms with van der Waals surface area (Å²) in [6.07, 6.45) is 3.40. The molecule has 1 aromatic carbocycles. The van der Waals surface area contributed by atoms with Crippen LogP contribution in [0.1, 0.15) is 28.9 Å². The van der Waals surface area contributed by atoms with Crippen LogP contribution in [0.25, 0.3) is 0 Å². The molecule has 0 fully saturated rings. The van der Waals surface area contributed by atoms with Gasteiger partial charge in [0, 0.05) is 23.1 Å². The lowest BCUT2D eigenvalue weighted by Gasteiger charge is -2.13. The maximum atomic E-state index is 12.0. The molecule has 6 nitrogen and oxygen atoms in total. The average Bonchev–Trinajstić information content (AvgIpc) is 2.81. The van der Waals surface area contributed by atoms with Crippen LogP contribution in [0, 0.1) is 0 Å². The van der Waals surface area contributed by atoms with E-state index < -0.39 is 0 Å². The highest BCUT2D eigenvalue weighted by Gasteiger charge is 2.14. The van der Waals surface area contributed by atoms with Crippen molar-refractivity contribution < 1.29 is 4.79 Å². The van der Waals surface area contributed by atoms with E-state index in [4.69, 9.17) is 11.5 Å². The number of nitrogens with zero attached hydrogens (tertiary/aromatic N) is 1. The second-order valence-electron chi connectivity index (χ2n) is 4.07. The third kappa shape index (κ3) is 2.42. The summed E-state index contributed by atoms with van der Waals surface area (Å²) in [6, 6.07) is 4.68. The molecule has 6 N–H and O–H groups in total. The fraction of sp³-hybridized carbons (Fsp3) is 0.167. The van der Waals surface area contributed by atoms with Gasteiger partial charge in [0.2, 0.25) is 0 Å². The van der Waals surface area contributed by atoms with Crippen LogP contribution >= 0.6 is 0 Å². The molecule has 0 saturated heterocycles. The third-order valence-corrected chi connectivity index (χ3v) is 2.69. The molecule has 0 radical (unpaired) electrons. The molecule has 2 aromatic rings. The van der Waals surface area contributed by atoms with E-state index in [1.165, 1.54) is 0 Å². The number of benzene rings is 1. The Balaban J connectivity index is 2.12. The molecule has 2 rings (SSSR count). The number of anilines is 2. The van der Waals surface area contributed by atoms with Crippen molar-refractivity contribution in [2.75, 3.05) is 11.5 Å². The van der Waals surface area contributed by atoms with Gasteiger partial charge in [0.15, 0.2) is 0 Å². The lowest BCUT2D eigenvalue weighted by atomic mass is 10.1. The van der Waals surface area contributed by atoms with Gasteiger partial charge in [-0.1, -0.05) is 0 Å². The number of aromatic amines is 1. The highest BCUT2D eigenvalue weighted by Crippen LogP contribution is 2.17. The van der Waals surface area contributed by atoms with Gasteiger partial charge in [-0.05, 0) is 25.1 Å². The molecule has 1 amide bonds. The lowest BCUT2D eigenvalue weighted by molar-refractivity contribution is 0.0941. The highest BCUT2D eigenvalue weighted by molar-refractivity contribution is 5.99. The standard InChI is InChI=1S/C12H15N5O/c1-7(8-5-15-16-6-8)17-12(18)10-3-2-9(13)4-11(10)14/h2-7H,13-14H2,1H3,(H,15,16)(H,17,18). The van der Waals surface area contributed by atoms with Gasteiger partial charge >= 0.3 is 0 Å². The first kappa shape index (κ1) is 12.0. The molecule has 0 saturated carbocycles. The minimum absolute atomic E-state index is 0.145. The maximum absolute atomic E-state index is 12.0. The quantitative estimate of drug-likeness (QED) is 0.606. The lowest BCUT2D eigenvalue weighted by Crippen LogP contribution is -2.27. The summed E-state index contributed by atoms with van der Waals surface area (Å²) >= 11 is 0. The van der Waals surface area contributed by atoms with E-state index in [1.54, 1.807) is 30.6 Å². The van der Waals surface area contributed by atoms with Gasteiger partial charge in [-0.25, -0.2) is 0 Å². The molecule has 0 bridgehead atoms. The zero-order valence-corrected chi connectivity index (χ0v) is 9.97. The Morgan fingerprint density at radius 2 is 2.22 bits per heavy atom. The molecule has 0 aliphatic carbocycles. The van der Waals surface area contributed by atoms with E-state index in [2.05, 4.69) is 15.5 Å². The molecule has 0 aliphatic rings. The summed E-state index contributed by atoms with van der Waals surface area (Å²) in [5.41, 5.74) is 13.6. The molecular formula is C12H15N5O. The molecule has 0 aliphatic heterocycles. The molecule has 1 heterocycles. The normalized spacial score (nSPS) is 12.1. The van der Waals surface area contributed by atoms with Crippen molar-refractivity contribution >= 4 is 17.3 Å². The number of amides is 1. The zero-order chi connectivity index (χ0) is 13.1. The predicted molar refractivity (Wildman–Crippen MR) is 69.7 cm³/mol. The summed E-state index contributed by atoms with van der Waals surface area (Å²) in [7, 11) is 0. The molecule has 18 heavy (non-hydrogen) atoms. The van der Waals surface area contributed by atoms with Crippen molar-refractivity contribution in [1.82, 2.24) is 15.5 Å². The van der Waals surface area contributed by atoms with Crippen LogP contribution in [0.3, 0.4) is 0 Å². The van der Waals surface area contributed by atoms with Gasteiger partial charge in [0.1, 0.15) is 0 Å². The van der Waals surface area contributed by atoms with Crippen LogP contribution in [0.4, 0.5) is 11.4 Å². The summed E-state index contributed by atoms with van der Waals surface area (Å²) in [5.74, 6) is -0.235. The predicted octanol–water partition coefficient (Wildman–Crippen LogP) is 1.07. The van der Waals surface area contributed by atoms with Gasteiger partial charge in [-0.2, -0.15) is 5.10 Å². The van der Waals surface area contributed by atoms with E-state index in [1.807, 2.05) is 6.92 Å². The Kier molecular flexibility index (Phi) is 3.18. The molecule has 1 aromatic heterocycles. The summed E-state index contributed by atoms with van der Waals surface area (Å²) in [6.45, 7) is 1.87. The van der Waals surface area contributed by atoms with E-state index in [9.17, 15) is 4.79 Å². The number of hydrogen-bond acceptors (Lipinski definition) is 4. The largest absolute Gasteiger partial charge is 0.399 e. The monoisotopic (exact) mass is 245 g/mol. The number of aromatic nitrogens is 2. The minimum atomic E-state index is -0.235. The number of carbonyl (C=O) groups excluding carboxylic acids is 1. The number of hydrogen-bond donors (Lipinski definition) is 4. The van der Waals surface area contributed by atoms with Crippen LogP contribution in [0.2, 0.25) is 0 Å². The zero-order valence-electron chi connectivity index (χ0n) is 9.97. The van der Waals surface area contributed by atoms with E-state index in [-0.39, 0.29) is 11.9 Å². The summed E-state index contributed by atoms with van der Waals surface area (Å²) in [5, 5.41) is 9.37. The first-order valence-electron chi connectivity index (χ1n) is 5.52. The Labute approximate surface area is 104 Å². The van der Waals surface area contributed by atoms with Gasteiger partial charge in [-0.3, -0.25) is 9.89 Å². The highest BCUT2D eigenvalue weighted by atomic mass is 16.1. The molecule has 1 atom stereocenters. The number of nitrogen functional groups attached to an aromatic ring is 2. The first-order valence-corrected chi connectivity index (χ1v) is 5.52. The van der Waals surface area contributed by atoms with Gasteiger partial charge in [0.25, 0.3) is 5.91 Å². The fourth-order valence-electron chi connectivity index (χ4n) is 1.64. The van der Waals surface area contributed by atoms with E-state index >= 15 is 0 Å². The van der Waals surface area contributed by atoms with Crippen molar-refractivity contribution in [3.8, 4) is 0 Å². The molecule has 0 spiro atoms. The van der Waals surface area contributed by atoms with Gasteiger partial charge < -0.3 is 16.8 Å². The van der Waals surface area contributed by atoms with Crippen LogP contribution in [0.5, 0.6) is 0 Å². The Hall–Kier alpha value is -2.50. The number of carbonyl (C=O) groups is 1. The van der Waals surface area contributed by atoms with Crippen molar-refractivity contribution in [3.63, 3.8) is 0 Å². The Morgan fingerprint density at radius 3 is 2.83 bits per heavy atom. The van der Waals surface area contributed by atoms with Gasteiger partial charge in [0.05, 0.1) is 17.8 Å². The summed E-state index contributed by atoms with van der Waals surface area (Å²) < 4.78 is 0. The second-order valence-corrected chi connectivity index (χ2v) is 4.07. The van der Waals surface area contributed by atoms with Crippen molar-refractivity contribution in [2.24, 2.45) is 0 Å². The number of rotatable bonds is 3. The topological polar surface area (TPSA) is 110 Å². The first-order chi connectivity index (χ1) is 8.58. The minimum Gasteiger partial charge on any atom is -0.399 e. The number of nitrogens with one attached hydrogen (secondary N) is 2.